The Balaban J connectivity index is 4.22. The first-order valence-electron chi connectivity index (χ1n) is 4.17. The third-order valence-corrected chi connectivity index (χ3v) is 1.43. The Hall–Kier alpha value is -2.00. The molecule has 0 aromatic rings. The molecule has 0 aliphatic rings. The first-order chi connectivity index (χ1) is 7.61. The van der Waals surface area contributed by atoms with Crippen LogP contribution in [-0.4, -0.2) is 46.9 Å². The molecule has 4 N–H and O–H groups in total. The lowest BCUT2D eigenvalue weighted by Crippen LogP contribution is -2.48. The lowest BCUT2D eigenvalue weighted by Gasteiger charge is -2.14. The lowest BCUT2D eigenvalue weighted by molar-refractivity contribution is -0.145. The highest BCUT2D eigenvalue weighted by Gasteiger charge is 2.29. The van der Waals surface area contributed by atoms with Crippen molar-refractivity contribution in [2.75, 3.05) is 6.54 Å². The minimum Gasteiger partial charge on any atom is -0.481 e. The molecule has 17 heavy (non-hydrogen) atoms. The highest BCUT2D eigenvalue weighted by molar-refractivity contribution is 5.86. The van der Waals surface area contributed by atoms with Gasteiger partial charge in [0, 0.05) is 0 Å². The van der Waals surface area contributed by atoms with Crippen molar-refractivity contribution >= 4 is 18.0 Å². The topological polar surface area (TPSA) is 116 Å². The second-order valence-corrected chi connectivity index (χ2v) is 2.93. The summed E-state index contributed by atoms with van der Waals surface area (Å²) in [5.41, 5.74) is 0. The Morgan fingerprint density at radius 3 is 2.06 bits per heavy atom. The standard InChI is InChI=1S/C7H9F3N2O5/c8-7(9,10)2-11-6(17)12-3(5(15)16)1-4(13)14/h3H,1-2H2,(H,13,14)(H,15,16)(H2,11,12,17). The van der Waals surface area contributed by atoms with Crippen molar-refractivity contribution in [2.45, 2.75) is 18.6 Å². The maximum absolute atomic E-state index is 11.7. The van der Waals surface area contributed by atoms with E-state index in [9.17, 15) is 27.6 Å². The maximum Gasteiger partial charge on any atom is 0.405 e. The van der Waals surface area contributed by atoms with Gasteiger partial charge in [0.05, 0.1) is 6.42 Å². The van der Waals surface area contributed by atoms with Crippen LogP contribution < -0.4 is 10.6 Å². The number of hydrogen-bond acceptors (Lipinski definition) is 3. The van der Waals surface area contributed by atoms with E-state index in [1.54, 1.807) is 5.32 Å². The molecule has 0 aromatic heterocycles. The van der Waals surface area contributed by atoms with Gasteiger partial charge in [0.25, 0.3) is 0 Å². The van der Waals surface area contributed by atoms with Crippen LogP contribution >= 0.6 is 0 Å². The summed E-state index contributed by atoms with van der Waals surface area (Å²) >= 11 is 0. The summed E-state index contributed by atoms with van der Waals surface area (Å²) in [4.78, 5) is 31.4. The van der Waals surface area contributed by atoms with E-state index < -0.39 is 43.2 Å². The van der Waals surface area contributed by atoms with E-state index in [2.05, 4.69) is 0 Å². The van der Waals surface area contributed by atoms with Crippen molar-refractivity contribution in [1.82, 2.24) is 10.6 Å². The van der Waals surface area contributed by atoms with Gasteiger partial charge in [-0.2, -0.15) is 13.2 Å². The summed E-state index contributed by atoms with van der Waals surface area (Å²) in [6.45, 7) is -1.64. The van der Waals surface area contributed by atoms with Crippen molar-refractivity contribution in [1.29, 1.82) is 0 Å². The third-order valence-electron chi connectivity index (χ3n) is 1.43. The van der Waals surface area contributed by atoms with Gasteiger partial charge >= 0.3 is 24.1 Å². The molecular weight excluding hydrogens is 249 g/mol. The zero-order chi connectivity index (χ0) is 13.6. The van der Waals surface area contributed by atoms with Crippen LogP contribution in [0.1, 0.15) is 6.42 Å². The van der Waals surface area contributed by atoms with E-state index in [-0.39, 0.29) is 0 Å². The highest BCUT2D eigenvalue weighted by Crippen LogP contribution is 2.11. The molecule has 0 rings (SSSR count). The number of nitrogens with one attached hydrogen (secondary N) is 2. The lowest BCUT2D eigenvalue weighted by atomic mass is 10.2. The number of hydrogen-bond donors (Lipinski definition) is 4. The summed E-state index contributed by atoms with van der Waals surface area (Å²) in [7, 11) is 0. The maximum atomic E-state index is 11.7. The van der Waals surface area contributed by atoms with E-state index in [4.69, 9.17) is 10.2 Å². The first-order valence-corrected chi connectivity index (χ1v) is 4.17. The Kier molecular flexibility index (Phi) is 5.22. The van der Waals surface area contributed by atoms with Crippen LogP contribution in [0.5, 0.6) is 0 Å². The van der Waals surface area contributed by atoms with Gasteiger partial charge in [-0.15, -0.1) is 0 Å². The van der Waals surface area contributed by atoms with Crippen molar-refractivity contribution in [3.8, 4) is 0 Å². The molecule has 0 aromatic carbocycles. The number of carboxylic acid groups (broad SMARTS) is 2. The average Bonchev–Trinajstić information content (AvgIpc) is 2.11. The number of carbonyl (C=O) groups excluding carboxylic acids is 1. The van der Waals surface area contributed by atoms with Gasteiger partial charge in [0.15, 0.2) is 0 Å². The quantitative estimate of drug-likeness (QED) is 0.544. The predicted octanol–water partition coefficient (Wildman–Crippen LogP) is -0.224. The summed E-state index contributed by atoms with van der Waals surface area (Å²) < 4.78 is 35.0. The Labute approximate surface area is 92.6 Å². The second-order valence-electron chi connectivity index (χ2n) is 2.93. The van der Waals surface area contributed by atoms with Gasteiger partial charge in [-0.05, 0) is 0 Å². The molecule has 7 nitrogen and oxygen atoms in total. The van der Waals surface area contributed by atoms with E-state index in [0.717, 1.165) is 0 Å². The molecule has 98 valence electrons. The van der Waals surface area contributed by atoms with Gasteiger partial charge in [-0.25, -0.2) is 9.59 Å². The van der Waals surface area contributed by atoms with Gasteiger partial charge in [-0.3, -0.25) is 4.79 Å². The number of carboxylic acids is 2. The molecule has 0 aliphatic heterocycles. The van der Waals surface area contributed by atoms with Crippen LogP contribution in [0.25, 0.3) is 0 Å². The summed E-state index contributed by atoms with van der Waals surface area (Å²) in [6, 6.07) is -3.20. The highest BCUT2D eigenvalue weighted by atomic mass is 19.4. The summed E-state index contributed by atoms with van der Waals surface area (Å²) in [5, 5.41) is 19.7. The molecule has 0 radical (unpaired) electrons. The molecule has 0 saturated carbocycles. The molecule has 2 amide bonds. The van der Waals surface area contributed by atoms with Crippen molar-refractivity contribution in [3.05, 3.63) is 0 Å². The molecule has 1 unspecified atom stereocenters. The number of amides is 2. The first kappa shape index (κ1) is 15.0. The fourth-order valence-corrected chi connectivity index (χ4v) is 0.764. The van der Waals surface area contributed by atoms with E-state index in [0.29, 0.717) is 0 Å². The Morgan fingerprint density at radius 1 is 1.18 bits per heavy atom. The minimum atomic E-state index is -4.64. The van der Waals surface area contributed by atoms with E-state index in [1.165, 1.54) is 5.32 Å². The number of urea groups is 1. The predicted molar refractivity (Wildman–Crippen MR) is 46.3 cm³/mol. The summed E-state index contributed by atoms with van der Waals surface area (Å²) in [6.07, 6.45) is -5.57. The monoisotopic (exact) mass is 258 g/mol. The average molecular weight is 258 g/mol. The van der Waals surface area contributed by atoms with Crippen LogP contribution in [-0.2, 0) is 9.59 Å². The van der Waals surface area contributed by atoms with Crippen LogP contribution in [0, 0.1) is 0 Å². The normalized spacial score (nSPS) is 12.6. The Bertz CT molecular complexity index is 317. The number of halogens is 3. The number of carbonyl (C=O) groups is 3. The van der Waals surface area contributed by atoms with Crippen LogP contribution in [0.4, 0.5) is 18.0 Å². The molecule has 0 heterocycles. The van der Waals surface area contributed by atoms with Crippen molar-refractivity contribution in [3.63, 3.8) is 0 Å². The summed E-state index contributed by atoms with van der Waals surface area (Å²) in [5.74, 6) is -3.16. The fraction of sp³-hybridized carbons (Fsp3) is 0.571. The zero-order valence-corrected chi connectivity index (χ0v) is 8.24. The molecule has 1 atom stereocenters. The Morgan fingerprint density at radius 2 is 1.71 bits per heavy atom. The molecule has 0 aliphatic carbocycles. The number of aliphatic carboxylic acids is 2. The molecule has 10 heteroatoms. The number of rotatable bonds is 5. The second kappa shape index (κ2) is 5.92. The smallest absolute Gasteiger partial charge is 0.405 e. The van der Waals surface area contributed by atoms with Gasteiger partial charge in [0.1, 0.15) is 12.6 Å². The molecule has 0 bridgehead atoms. The van der Waals surface area contributed by atoms with E-state index >= 15 is 0 Å². The fourth-order valence-electron chi connectivity index (χ4n) is 0.764. The van der Waals surface area contributed by atoms with Gasteiger partial charge < -0.3 is 20.8 Å². The van der Waals surface area contributed by atoms with Crippen molar-refractivity contribution < 1.29 is 37.8 Å². The number of alkyl halides is 3. The van der Waals surface area contributed by atoms with E-state index in [1.807, 2.05) is 0 Å². The van der Waals surface area contributed by atoms with Gasteiger partial charge in [-0.1, -0.05) is 0 Å². The largest absolute Gasteiger partial charge is 0.481 e. The zero-order valence-electron chi connectivity index (χ0n) is 8.24. The third kappa shape index (κ3) is 7.88. The SMILES string of the molecule is O=C(O)CC(NC(=O)NCC(F)(F)F)C(=O)O. The molecular formula is C7H9F3N2O5. The van der Waals surface area contributed by atoms with Crippen LogP contribution in [0.15, 0.2) is 0 Å². The molecule has 0 fully saturated rings. The van der Waals surface area contributed by atoms with Gasteiger partial charge in [0.2, 0.25) is 0 Å². The van der Waals surface area contributed by atoms with Crippen LogP contribution in [0.3, 0.4) is 0 Å². The molecule has 0 spiro atoms. The minimum absolute atomic E-state index is 0.936. The van der Waals surface area contributed by atoms with Crippen molar-refractivity contribution in [2.24, 2.45) is 0 Å². The molecule has 0 saturated heterocycles. The van der Waals surface area contributed by atoms with Crippen LogP contribution in [0.2, 0.25) is 0 Å².